The van der Waals surface area contributed by atoms with Crippen LogP contribution in [0.5, 0.6) is 0 Å². The fraction of sp³-hybridized carbons (Fsp3) is 0. The minimum absolute atomic E-state index is 0.859. The maximum Gasteiger partial charge on any atom is 0.00232 e. The first-order valence-electron chi connectivity index (χ1n) is 1.05. The second-order valence-electron chi connectivity index (χ2n) is 0.556. The van der Waals surface area contributed by atoms with Crippen molar-refractivity contribution in [3.8, 4) is 0 Å². The lowest BCUT2D eigenvalue weighted by Crippen LogP contribution is -1.41. The van der Waals surface area contributed by atoms with Gasteiger partial charge in [-0.3, -0.25) is 0 Å². The van der Waals surface area contributed by atoms with Crippen LogP contribution in [0.25, 0.3) is 0 Å². The third-order valence-electron chi connectivity index (χ3n) is 0.118. The highest BCUT2D eigenvalue weighted by Crippen LogP contribution is 2.02. The van der Waals surface area contributed by atoms with E-state index < -0.39 is 0 Å². The monoisotopic (exact) mass is 197 g/mol. The summed E-state index contributed by atoms with van der Waals surface area (Å²) in [5, 5.41) is 0. The summed E-state index contributed by atoms with van der Waals surface area (Å²) < 4.78 is 0.859. The summed E-state index contributed by atoms with van der Waals surface area (Å²) in [6.45, 7) is 3.49. The SMILES string of the molecule is [CH2]/C(Br)=C\Br. The van der Waals surface area contributed by atoms with E-state index >= 15 is 0 Å². The summed E-state index contributed by atoms with van der Waals surface area (Å²) >= 11 is 6.12. The van der Waals surface area contributed by atoms with Crippen LogP contribution >= 0.6 is 31.9 Å². The van der Waals surface area contributed by atoms with E-state index in [1.54, 1.807) is 4.99 Å². The quantitative estimate of drug-likeness (QED) is 0.561. The molecule has 0 rings (SSSR count). The molecular formula is C3H3Br2. The van der Waals surface area contributed by atoms with Crippen LogP contribution in [0.3, 0.4) is 0 Å². The summed E-state index contributed by atoms with van der Waals surface area (Å²) in [7, 11) is 0. The Labute approximate surface area is 48.5 Å². The molecule has 0 nitrogen and oxygen atoms in total. The van der Waals surface area contributed by atoms with Gasteiger partial charge in [-0.1, -0.05) is 31.9 Å². The van der Waals surface area contributed by atoms with Crippen molar-refractivity contribution in [2.45, 2.75) is 0 Å². The Morgan fingerprint density at radius 2 is 2.00 bits per heavy atom. The molecule has 0 amide bonds. The molecule has 0 aliphatic rings. The number of rotatable bonds is 0. The summed E-state index contributed by atoms with van der Waals surface area (Å²) in [5.41, 5.74) is 0. The second-order valence-corrected chi connectivity index (χ2v) is 2.03. The Kier molecular flexibility index (Phi) is 3.32. The van der Waals surface area contributed by atoms with Crippen LogP contribution in [0, 0.1) is 6.92 Å². The Hall–Kier alpha value is 0.700. The summed E-state index contributed by atoms with van der Waals surface area (Å²) in [6.07, 6.45) is 0. The smallest absolute Gasteiger partial charge is 0.00232 e. The minimum Gasteiger partial charge on any atom is -0.0586 e. The van der Waals surface area contributed by atoms with Crippen molar-refractivity contribution in [3.63, 3.8) is 0 Å². The third kappa shape index (κ3) is 4.70. The van der Waals surface area contributed by atoms with Gasteiger partial charge in [-0.15, -0.1) is 0 Å². The molecular weight excluding hydrogens is 196 g/mol. The van der Waals surface area contributed by atoms with Gasteiger partial charge < -0.3 is 0 Å². The van der Waals surface area contributed by atoms with Gasteiger partial charge in [0.05, 0.1) is 0 Å². The van der Waals surface area contributed by atoms with Crippen molar-refractivity contribution in [1.29, 1.82) is 0 Å². The number of hydrogen-bond acceptors (Lipinski definition) is 0. The van der Waals surface area contributed by atoms with E-state index in [0.717, 1.165) is 4.48 Å². The van der Waals surface area contributed by atoms with Gasteiger partial charge in [0.2, 0.25) is 0 Å². The lowest BCUT2D eigenvalue weighted by molar-refractivity contribution is 2.10. The van der Waals surface area contributed by atoms with Gasteiger partial charge in [0.25, 0.3) is 0 Å². The van der Waals surface area contributed by atoms with E-state index in [0.29, 0.717) is 0 Å². The maximum atomic E-state index is 3.49. The summed E-state index contributed by atoms with van der Waals surface area (Å²) in [4.78, 5) is 1.70. The highest BCUT2D eigenvalue weighted by Gasteiger charge is 1.65. The molecule has 2 heteroatoms. The fourth-order valence-electron chi connectivity index (χ4n) is 0. The topological polar surface area (TPSA) is 0 Å². The second kappa shape index (κ2) is 2.91. The molecule has 0 atom stereocenters. The molecule has 0 aromatic heterocycles. The molecule has 0 saturated carbocycles. The van der Waals surface area contributed by atoms with Crippen LogP contribution in [0.1, 0.15) is 0 Å². The molecule has 0 aliphatic heterocycles. The van der Waals surface area contributed by atoms with Gasteiger partial charge >= 0.3 is 0 Å². The van der Waals surface area contributed by atoms with Gasteiger partial charge in [0.1, 0.15) is 0 Å². The average Bonchev–Trinajstić information content (AvgIpc) is 1.38. The van der Waals surface area contributed by atoms with Crippen LogP contribution in [0.4, 0.5) is 0 Å². The van der Waals surface area contributed by atoms with Gasteiger partial charge in [0, 0.05) is 4.48 Å². The normalized spacial score (nSPS) is 12.2. The highest BCUT2D eigenvalue weighted by atomic mass is 79.9. The van der Waals surface area contributed by atoms with E-state index in [4.69, 9.17) is 0 Å². The van der Waals surface area contributed by atoms with Crippen LogP contribution in [-0.4, -0.2) is 0 Å². The molecule has 0 bridgehead atoms. The van der Waals surface area contributed by atoms with E-state index in [-0.39, 0.29) is 0 Å². The predicted octanol–water partition coefficient (Wildman–Crippen LogP) is 2.45. The first-order chi connectivity index (χ1) is 2.27. The molecule has 0 heterocycles. The van der Waals surface area contributed by atoms with Crippen LogP contribution in [0.2, 0.25) is 0 Å². The van der Waals surface area contributed by atoms with Crippen LogP contribution < -0.4 is 0 Å². The molecule has 29 valence electrons. The molecule has 0 saturated heterocycles. The lowest BCUT2D eigenvalue weighted by Gasteiger charge is -1.68. The molecule has 0 aliphatic carbocycles. The lowest BCUT2D eigenvalue weighted by atomic mass is 10.8. The summed E-state index contributed by atoms with van der Waals surface area (Å²) in [6, 6.07) is 0. The minimum atomic E-state index is 0.859. The number of hydrogen-bond donors (Lipinski definition) is 0. The standard InChI is InChI=1S/C3H3Br2/c1-3(5)2-4/h2H,1H2/b3-2+. The van der Waals surface area contributed by atoms with E-state index in [1.807, 2.05) is 0 Å². The maximum absolute atomic E-state index is 3.49. The fourth-order valence-corrected chi connectivity index (χ4v) is 0. The van der Waals surface area contributed by atoms with E-state index in [1.165, 1.54) is 0 Å². The zero-order valence-electron chi connectivity index (χ0n) is 2.54. The van der Waals surface area contributed by atoms with Crippen molar-refractivity contribution < 1.29 is 0 Å². The van der Waals surface area contributed by atoms with E-state index in [9.17, 15) is 0 Å². The number of halogens is 2. The Bertz CT molecular complexity index is 42.9. The Morgan fingerprint density at radius 3 is 2.00 bits per heavy atom. The molecule has 5 heavy (non-hydrogen) atoms. The molecule has 0 aromatic carbocycles. The van der Waals surface area contributed by atoms with Crippen molar-refractivity contribution in [1.82, 2.24) is 0 Å². The van der Waals surface area contributed by atoms with Gasteiger partial charge in [0.15, 0.2) is 0 Å². The first-order valence-corrected chi connectivity index (χ1v) is 2.76. The van der Waals surface area contributed by atoms with E-state index in [2.05, 4.69) is 38.8 Å². The Morgan fingerprint density at radius 1 is 1.80 bits per heavy atom. The Balaban J connectivity index is 3.14. The molecule has 0 N–H and O–H groups in total. The van der Waals surface area contributed by atoms with Crippen molar-refractivity contribution in [2.75, 3.05) is 0 Å². The van der Waals surface area contributed by atoms with Crippen LogP contribution in [0.15, 0.2) is 9.47 Å². The average molecular weight is 199 g/mol. The van der Waals surface area contributed by atoms with Crippen LogP contribution in [-0.2, 0) is 0 Å². The molecule has 0 aromatic rings. The largest absolute Gasteiger partial charge is 0.0586 e. The molecule has 0 fully saturated rings. The third-order valence-corrected chi connectivity index (χ3v) is 1.51. The van der Waals surface area contributed by atoms with Crippen molar-refractivity contribution in [2.24, 2.45) is 0 Å². The molecule has 0 spiro atoms. The zero-order chi connectivity index (χ0) is 4.28. The predicted molar refractivity (Wildman–Crippen MR) is 31.3 cm³/mol. The molecule has 1 radical (unpaired) electrons. The van der Waals surface area contributed by atoms with Gasteiger partial charge in [-0.2, -0.15) is 0 Å². The summed E-state index contributed by atoms with van der Waals surface area (Å²) in [5.74, 6) is 0. The first kappa shape index (κ1) is 5.70. The van der Waals surface area contributed by atoms with Gasteiger partial charge in [-0.25, -0.2) is 0 Å². The zero-order valence-corrected chi connectivity index (χ0v) is 5.71. The highest BCUT2D eigenvalue weighted by molar-refractivity contribution is 9.14. The van der Waals surface area contributed by atoms with Gasteiger partial charge in [-0.05, 0) is 11.9 Å². The number of allylic oxidation sites excluding steroid dienone is 1. The van der Waals surface area contributed by atoms with Crippen molar-refractivity contribution in [3.05, 3.63) is 16.4 Å². The van der Waals surface area contributed by atoms with Crippen molar-refractivity contribution >= 4 is 31.9 Å². The molecule has 0 unspecified atom stereocenters.